The molecule has 0 radical (unpaired) electrons. The van der Waals surface area contributed by atoms with Crippen LogP contribution in [-0.4, -0.2) is 58.8 Å². The quantitative estimate of drug-likeness (QED) is 0.873. The van der Waals surface area contributed by atoms with Gasteiger partial charge < -0.3 is 10.6 Å². The van der Waals surface area contributed by atoms with Gasteiger partial charge in [0, 0.05) is 56.6 Å². The standard InChI is InChI=1S/C14H27N5/c1-10-14(11(2)18(5)16-10)12(3)19-7-6-17(4)9-13(19)8-15/h12-13H,6-9,15H2,1-5H3. The molecule has 2 heterocycles. The number of nitrogens with two attached hydrogens (primary N) is 1. The minimum absolute atomic E-state index is 0.385. The monoisotopic (exact) mass is 265 g/mol. The van der Waals surface area contributed by atoms with Gasteiger partial charge in [0.25, 0.3) is 0 Å². The molecule has 2 unspecified atom stereocenters. The summed E-state index contributed by atoms with van der Waals surface area (Å²) in [6.07, 6.45) is 0. The molecule has 0 aliphatic carbocycles. The van der Waals surface area contributed by atoms with Crippen molar-refractivity contribution in [3.05, 3.63) is 17.0 Å². The second kappa shape index (κ2) is 5.61. The molecule has 1 fully saturated rings. The lowest BCUT2D eigenvalue weighted by Crippen LogP contribution is -2.55. The van der Waals surface area contributed by atoms with E-state index in [-0.39, 0.29) is 0 Å². The van der Waals surface area contributed by atoms with Crippen molar-refractivity contribution in [2.24, 2.45) is 12.8 Å². The summed E-state index contributed by atoms with van der Waals surface area (Å²) < 4.78 is 1.98. The molecule has 2 rings (SSSR count). The number of aromatic nitrogens is 2. The molecular weight excluding hydrogens is 238 g/mol. The summed E-state index contributed by atoms with van der Waals surface area (Å²) >= 11 is 0. The number of rotatable bonds is 3. The normalized spacial score (nSPS) is 23.8. The van der Waals surface area contributed by atoms with Crippen LogP contribution in [-0.2, 0) is 7.05 Å². The van der Waals surface area contributed by atoms with Gasteiger partial charge in [-0.15, -0.1) is 0 Å². The minimum Gasteiger partial charge on any atom is -0.329 e. The van der Waals surface area contributed by atoms with E-state index in [1.165, 1.54) is 11.3 Å². The Hall–Kier alpha value is -0.910. The Balaban J connectivity index is 2.25. The molecule has 0 amide bonds. The third-order valence-corrected chi connectivity index (χ3v) is 4.48. The first-order valence-electron chi connectivity index (χ1n) is 7.10. The Labute approximate surface area is 116 Å². The minimum atomic E-state index is 0.385. The van der Waals surface area contributed by atoms with Gasteiger partial charge in [0.2, 0.25) is 0 Å². The number of piperazine rings is 1. The van der Waals surface area contributed by atoms with Crippen LogP contribution in [0.5, 0.6) is 0 Å². The van der Waals surface area contributed by atoms with E-state index in [0.717, 1.165) is 25.3 Å². The van der Waals surface area contributed by atoms with Gasteiger partial charge in [-0.1, -0.05) is 0 Å². The average molecular weight is 265 g/mol. The van der Waals surface area contributed by atoms with Gasteiger partial charge in [-0.25, -0.2) is 0 Å². The fourth-order valence-corrected chi connectivity index (χ4v) is 3.30. The third-order valence-electron chi connectivity index (χ3n) is 4.48. The lowest BCUT2D eigenvalue weighted by Gasteiger charge is -2.43. The first-order chi connectivity index (χ1) is 8.95. The number of nitrogens with zero attached hydrogens (tertiary/aromatic N) is 4. The van der Waals surface area contributed by atoms with Crippen molar-refractivity contribution in [1.82, 2.24) is 19.6 Å². The summed E-state index contributed by atoms with van der Waals surface area (Å²) in [6.45, 7) is 10.5. The molecule has 2 N–H and O–H groups in total. The van der Waals surface area contributed by atoms with E-state index in [1.54, 1.807) is 0 Å². The maximum atomic E-state index is 5.96. The molecule has 1 aliphatic rings. The van der Waals surface area contributed by atoms with Gasteiger partial charge in [0.05, 0.1) is 5.69 Å². The topological polar surface area (TPSA) is 50.3 Å². The van der Waals surface area contributed by atoms with Crippen molar-refractivity contribution >= 4 is 0 Å². The van der Waals surface area contributed by atoms with Crippen molar-refractivity contribution in [1.29, 1.82) is 0 Å². The number of likely N-dealkylation sites (N-methyl/N-ethyl adjacent to an activating group) is 1. The molecule has 5 heteroatoms. The van der Waals surface area contributed by atoms with Crippen molar-refractivity contribution in [2.45, 2.75) is 32.9 Å². The maximum Gasteiger partial charge on any atom is 0.0644 e. The number of aryl methyl sites for hydroxylation is 2. The summed E-state index contributed by atoms with van der Waals surface area (Å²) in [7, 11) is 4.19. The molecule has 2 atom stereocenters. The molecule has 1 aromatic rings. The summed E-state index contributed by atoms with van der Waals surface area (Å²) in [5.74, 6) is 0. The van der Waals surface area contributed by atoms with Crippen LogP contribution in [0, 0.1) is 13.8 Å². The Morgan fingerprint density at radius 2 is 2.00 bits per heavy atom. The fraction of sp³-hybridized carbons (Fsp3) is 0.786. The van der Waals surface area contributed by atoms with Crippen LogP contribution in [0.4, 0.5) is 0 Å². The third kappa shape index (κ3) is 2.68. The molecule has 5 nitrogen and oxygen atoms in total. The molecule has 0 aromatic carbocycles. The molecule has 0 bridgehead atoms. The zero-order chi connectivity index (χ0) is 14.2. The number of hydrogen-bond donors (Lipinski definition) is 1. The lowest BCUT2D eigenvalue weighted by atomic mass is 10.0. The SMILES string of the molecule is Cc1nn(C)c(C)c1C(C)N1CCN(C)CC1CN. The van der Waals surface area contributed by atoms with Gasteiger partial charge in [-0.3, -0.25) is 9.58 Å². The van der Waals surface area contributed by atoms with Gasteiger partial charge in [0.1, 0.15) is 0 Å². The average Bonchev–Trinajstić information content (AvgIpc) is 2.62. The predicted octanol–water partition coefficient (Wildman–Crippen LogP) is 0.673. The van der Waals surface area contributed by atoms with Gasteiger partial charge in [-0.05, 0) is 27.8 Å². The van der Waals surface area contributed by atoms with Crippen molar-refractivity contribution in [2.75, 3.05) is 33.2 Å². The van der Waals surface area contributed by atoms with Crippen LogP contribution in [0.3, 0.4) is 0 Å². The summed E-state index contributed by atoms with van der Waals surface area (Å²) in [5, 5.41) is 4.54. The molecule has 1 aliphatic heterocycles. The van der Waals surface area contributed by atoms with Crippen molar-refractivity contribution < 1.29 is 0 Å². The van der Waals surface area contributed by atoms with Crippen LogP contribution >= 0.6 is 0 Å². The smallest absolute Gasteiger partial charge is 0.0644 e. The van der Waals surface area contributed by atoms with E-state index >= 15 is 0 Å². The van der Waals surface area contributed by atoms with Gasteiger partial charge >= 0.3 is 0 Å². The van der Waals surface area contributed by atoms with Crippen LogP contribution < -0.4 is 5.73 Å². The predicted molar refractivity (Wildman–Crippen MR) is 78.1 cm³/mol. The van der Waals surface area contributed by atoms with Crippen LogP contribution in [0.2, 0.25) is 0 Å². The Bertz CT molecular complexity index is 439. The molecule has 1 aromatic heterocycles. The van der Waals surface area contributed by atoms with E-state index in [2.05, 4.69) is 42.7 Å². The van der Waals surface area contributed by atoms with Crippen molar-refractivity contribution in [3.63, 3.8) is 0 Å². The summed E-state index contributed by atoms with van der Waals surface area (Å²) in [6, 6.07) is 0.823. The zero-order valence-electron chi connectivity index (χ0n) is 12.8. The van der Waals surface area contributed by atoms with Gasteiger partial charge in [0.15, 0.2) is 0 Å². The molecule has 19 heavy (non-hydrogen) atoms. The second-order valence-corrected chi connectivity index (χ2v) is 5.77. The Morgan fingerprint density at radius 3 is 2.53 bits per heavy atom. The molecular formula is C14H27N5. The lowest BCUT2D eigenvalue weighted by molar-refractivity contribution is 0.0616. The van der Waals surface area contributed by atoms with E-state index in [0.29, 0.717) is 18.6 Å². The van der Waals surface area contributed by atoms with E-state index in [9.17, 15) is 0 Å². The highest BCUT2D eigenvalue weighted by atomic mass is 15.3. The molecule has 1 saturated heterocycles. The summed E-state index contributed by atoms with van der Waals surface area (Å²) in [5.41, 5.74) is 9.73. The van der Waals surface area contributed by atoms with Crippen LogP contribution in [0.1, 0.15) is 29.9 Å². The van der Waals surface area contributed by atoms with E-state index < -0.39 is 0 Å². The van der Waals surface area contributed by atoms with E-state index in [4.69, 9.17) is 5.73 Å². The first kappa shape index (κ1) is 14.5. The molecule has 0 saturated carbocycles. The second-order valence-electron chi connectivity index (χ2n) is 5.77. The first-order valence-corrected chi connectivity index (χ1v) is 7.10. The van der Waals surface area contributed by atoms with Gasteiger partial charge in [-0.2, -0.15) is 5.10 Å². The molecule has 108 valence electrons. The number of hydrogen-bond acceptors (Lipinski definition) is 4. The highest BCUT2D eigenvalue weighted by Crippen LogP contribution is 2.28. The highest BCUT2D eigenvalue weighted by Gasteiger charge is 2.30. The largest absolute Gasteiger partial charge is 0.329 e. The van der Waals surface area contributed by atoms with Crippen LogP contribution in [0.15, 0.2) is 0 Å². The Morgan fingerprint density at radius 1 is 1.32 bits per heavy atom. The zero-order valence-corrected chi connectivity index (χ0v) is 12.8. The molecule has 0 spiro atoms. The van der Waals surface area contributed by atoms with Crippen molar-refractivity contribution in [3.8, 4) is 0 Å². The maximum absolute atomic E-state index is 5.96. The fourth-order valence-electron chi connectivity index (χ4n) is 3.30. The van der Waals surface area contributed by atoms with E-state index in [1.807, 2.05) is 11.7 Å². The van der Waals surface area contributed by atoms with Crippen LogP contribution in [0.25, 0.3) is 0 Å². The Kier molecular flexibility index (Phi) is 4.28. The highest BCUT2D eigenvalue weighted by molar-refractivity contribution is 5.28. The summed E-state index contributed by atoms with van der Waals surface area (Å²) in [4.78, 5) is 4.90.